The van der Waals surface area contributed by atoms with Crippen molar-refractivity contribution < 1.29 is 0 Å². The summed E-state index contributed by atoms with van der Waals surface area (Å²) in [7, 11) is 0. The number of nitrogens with one attached hydrogen (secondary N) is 1. The van der Waals surface area contributed by atoms with Gasteiger partial charge in [-0.25, -0.2) is 0 Å². The topological polar surface area (TPSA) is 15.3 Å². The Morgan fingerprint density at radius 2 is 1.65 bits per heavy atom. The molecule has 0 aliphatic carbocycles. The maximum Gasteiger partial charge on any atom is 0.0702 e. The van der Waals surface area contributed by atoms with Crippen LogP contribution in [-0.2, 0) is 0 Å². The molecule has 1 aromatic carbocycles. The number of nitrogens with zero attached hydrogens (tertiary/aromatic N) is 1. The van der Waals surface area contributed by atoms with Crippen LogP contribution in [0.15, 0.2) is 29.6 Å². The number of benzene rings is 1. The second-order valence-electron chi connectivity index (χ2n) is 6.02. The van der Waals surface area contributed by atoms with E-state index in [0.717, 1.165) is 26.2 Å². The smallest absolute Gasteiger partial charge is 0.0702 e. The van der Waals surface area contributed by atoms with Crippen LogP contribution in [0.3, 0.4) is 0 Å². The summed E-state index contributed by atoms with van der Waals surface area (Å²) in [6, 6.07) is 9.52. The van der Waals surface area contributed by atoms with E-state index < -0.39 is 0 Å². The molecule has 1 N–H and O–H groups in total. The van der Waals surface area contributed by atoms with Gasteiger partial charge in [0.05, 0.1) is 6.04 Å². The van der Waals surface area contributed by atoms with Gasteiger partial charge < -0.3 is 5.32 Å². The summed E-state index contributed by atoms with van der Waals surface area (Å²) in [4.78, 5) is 4.10. The van der Waals surface area contributed by atoms with Gasteiger partial charge in [0.1, 0.15) is 0 Å². The summed E-state index contributed by atoms with van der Waals surface area (Å²) in [6.45, 7) is 11.1. The van der Waals surface area contributed by atoms with E-state index in [0.29, 0.717) is 6.04 Å². The summed E-state index contributed by atoms with van der Waals surface area (Å²) in [6.07, 6.45) is 0. The van der Waals surface area contributed by atoms with E-state index in [1.807, 2.05) is 11.3 Å². The average molecular weight is 373 g/mol. The quantitative estimate of drug-likeness (QED) is 0.852. The van der Waals surface area contributed by atoms with Crippen LogP contribution in [-0.4, -0.2) is 31.1 Å². The van der Waals surface area contributed by atoms with Gasteiger partial charge in [0.15, 0.2) is 0 Å². The molecular formula is C18H26Cl2N2S. The second-order valence-corrected chi connectivity index (χ2v) is 7.00. The molecule has 0 spiro atoms. The van der Waals surface area contributed by atoms with Crippen molar-refractivity contribution in [2.75, 3.05) is 26.2 Å². The molecule has 1 aliphatic heterocycles. The zero-order chi connectivity index (χ0) is 14.8. The summed E-state index contributed by atoms with van der Waals surface area (Å²) < 4.78 is 0. The molecule has 23 heavy (non-hydrogen) atoms. The number of aryl methyl sites for hydroxylation is 3. The van der Waals surface area contributed by atoms with Gasteiger partial charge in [0.25, 0.3) is 0 Å². The molecule has 2 aromatic rings. The number of thiophene rings is 1. The minimum atomic E-state index is 0. The first-order valence-electron chi connectivity index (χ1n) is 7.72. The third-order valence-corrected chi connectivity index (χ3v) is 5.27. The lowest BCUT2D eigenvalue weighted by Crippen LogP contribution is -2.45. The molecule has 1 aliphatic rings. The van der Waals surface area contributed by atoms with Gasteiger partial charge in [-0.2, -0.15) is 0 Å². The molecule has 1 fully saturated rings. The minimum Gasteiger partial charge on any atom is -0.314 e. The van der Waals surface area contributed by atoms with Crippen molar-refractivity contribution in [2.24, 2.45) is 0 Å². The van der Waals surface area contributed by atoms with Crippen LogP contribution in [0.25, 0.3) is 0 Å². The van der Waals surface area contributed by atoms with Crippen molar-refractivity contribution in [3.05, 3.63) is 56.8 Å². The number of rotatable bonds is 3. The first-order chi connectivity index (χ1) is 10.2. The van der Waals surface area contributed by atoms with Gasteiger partial charge >= 0.3 is 0 Å². The van der Waals surface area contributed by atoms with Gasteiger partial charge in [0.2, 0.25) is 0 Å². The van der Waals surface area contributed by atoms with E-state index in [-0.39, 0.29) is 24.8 Å². The van der Waals surface area contributed by atoms with Crippen LogP contribution in [0.4, 0.5) is 0 Å². The Morgan fingerprint density at radius 3 is 2.17 bits per heavy atom. The Balaban J connectivity index is 0.00000132. The van der Waals surface area contributed by atoms with E-state index in [1.165, 1.54) is 27.1 Å². The van der Waals surface area contributed by atoms with Crippen molar-refractivity contribution >= 4 is 36.2 Å². The Bertz CT molecular complexity index is 584. The minimum absolute atomic E-state index is 0. The molecule has 2 heterocycles. The lowest BCUT2D eigenvalue weighted by atomic mass is 9.92. The predicted molar refractivity (Wildman–Crippen MR) is 106 cm³/mol. The molecule has 0 radical (unpaired) electrons. The van der Waals surface area contributed by atoms with Crippen LogP contribution in [0, 0.1) is 20.8 Å². The number of hydrogen-bond donors (Lipinski definition) is 1. The zero-order valence-corrected chi connectivity index (χ0v) is 16.4. The molecule has 128 valence electrons. The lowest BCUT2D eigenvalue weighted by Gasteiger charge is -2.36. The summed E-state index contributed by atoms with van der Waals surface area (Å²) in [5.41, 5.74) is 5.71. The van der Waals surface area contributed by atoms with Crippen LogP contribution < -0.4 is 5.32 Å². The molecule has 1 aromatic heterocycles. The predicted octanol–water partition coefficient (Wildman–Crippen LogP) is 4.51. The molecular weight excluding hydrogens is 347 g/mol. The van der Waals surface area contributed by atoms with Crippen molar-refractivity contribution in [3.63, 3.8) is 0 Å². The highest BCUT2D eigenvalue weighted by Gasteiger charge is 2.27. The molecule has 5 heteroatoms. The fourth-order valence-corrected chi connectivity index (χ4v) is 4.38. The van der Waals surface area contributed by atoms with Crippen molar-refractivity contribution in [3.8, 4) is 0 Å². The standard InChI is InChI=1S/C18H24N2S.2ClH/c1-13-11-14(2)17(15(3)12-13)18(16-5-4-10-21-16)20-8-6-19-7-9-20;;/h4-5,10-12,18-19H,6-9H2,1-3H3;2*1H/t18-;;/m1../s1. The SMILES string of the molecule is Cc1cc(C)c([C@@H](c2cccs2)N2CCNCC2)c(C)c1.Cl.Cl. The summed E-state index contributed by atoms with van der Waals surface area (Å²) >= 11 is 1.88. The van der Waals surface area contributed by atoms with Crippen molar-refractivity contribution in [1.82, 2.24) is 10.2 Å². The maximum atomic E-state index is 3.47. The third kappa shape index (κ3) is 4.49. The molecule has 3 rings (SSSR count). The molecule has 1 atom stereocenters. The van der Waals surface area contributed by atoms with E-state index in [9.17, 15) is 0 Å². The van der Waals surface area contributed by atoms with Gasteiger partial charge in [-0.05, 0) is 48.9 Å². The van der Waals surface area contributed by atoms with Crippen molar-refractivity contribution in [2.45, 2.75) is 26.8 Å². The average Bonchev–Trinajstić information content (AvgIpc) is 2.97. The van der Waals surface area contributed by atoms with Crippen LogP contribution in [0.1, 0.15) is 33.2 Å². The Morgan fingerprint density at radius 1 is 1.04 bits per heavy atom. The number of hydrogen-bond acceptors (Lipinski definition) is 3. The summed E-state index contributed by atoms with van der Waals surface area (Å²) in [5, 5.41) is 5.66. The lowest BCUT2D eigenvalue weighted by molar-refractivity contribution is 0.200. The Labute approximate surface area is 156 Å². The Kier molecular flexibility index (Phi) is 8.05. The third-order valence-electron chi connectivity index (χ3n) is 4.34. The first-order valence-corrected chi connectivity index (χ1v) is 8.60. The highest BCUT2D eigenvalue weighted by Crippen LogP contribution is 2.36. The molecule has 1 saturated heterocycles. The van der Waals surface area contributed by atoms with E-state index in [4.69, 9.17) is 0 Å². The highest BCUT2D eigenvalue weighted by molar-refractivity contribution is 7.10. The van der Waals surface area contributed by atoms with Crippen LogP contribution in [0.2, 0.25) is 0 Å². The van der Waals surface area contributed by atoms with Gasteiger partial charge in [0, 0.05) is 31.1 Å². The summed E-state index contributed by atoms with van der Waals surface area (Å²) in [5.74, 6) is 0. The maximum absolute atomic E-state index is 3.47. The first kappa shape index (κ1) is 20.5. The van der Waals surface area contributed by atoms with Gasteiger partial charge in [-0.1, -0.05) is 23.8 Å². The molecule has 0 unspecified atom stereocenters. The second kappa shape index (κ2) is 9.05. The molecule has 2 nitrogen and oxygen atoms in total. The normalized spacial score (nSPS) is 16.3. The van der Waals surface area contributed by atoms with E-state index in [1.54, 1.807) is 0 Å². The zero-order valence-electron chi connectivity index (χ0n) is 14.0. The monoisotopic (exact) mass is 372 g/mol. The number of piperazine rings is 1. The fourth-order valence-electron chi connectivity index (χ4n) is 3.51. The molecule has 0 saturated carbocycles. The Hall–Kier alpha value is -0.580. The molecule has 0 bridgehead atoms. The van der Waals surface area contributed by atoms with Crippen molar-refractivity contribution in [1.29, 1.82) is 0 Å². The molecule has 0 amide bonds. The van der Waals surface area contributed by atoms with E-state index >= 15 is 0 Å². The van der Waals surface area contributed by atoms with Gasteiger partial charge in [-0.15, -0.1) is 36.2 Å². The number of halogens is 2. The fraction of sp³-hybridized carbons (Fsp3) is 0.444. The van der Waals surface area contributed by atoms with Crippen LogP contribution >= 0.6 is 36.2 Å². The highest BCUT2D eigenvalue weighted by atomic mass is 35.5. The van der Waals surface area contributed by atoms with Crippen LogP contribution in [0.5, 0.6) is 0 Å². The van der Waals surface area contributed by atoms with Gasteiger partial charge in [-0.3, -0.25) is 4.90 Å². The largest absolute Gasteiger partial charge is 0.314 e. The van der Waals surface area contributed by atoms with E-state index in [2.05, 4.69) is 60.6 Å².